The minimum atomic E-state index is -0.179. The van der Waals surface area contributed by atoms with E-state index in [4.69, 9.17) is 4.42 Å². The van der Waals surface area contributed by atoms with E-state index in [9.17, 15) is 4.79 Å². The lowest BCUT2D eigenvalue weighted by molar-refractivity contribution is 0.102. The van der Waals surface area contributed by atoms with Gasteiger partial charge in [0.25, 0.3) is 5.91 Å². The third-order valence-electron chi connectivity index (χ3n) is 4.95. The van der Waals surface area contributed by atoms with Gasteiger partial charge in [-0.2, -0.15) is 0 Å². The fraction of sp³-hybridized carbons (Fsp3) is 0.421. The quantitative estimate of drug-likeness (QED) is 0.749. The molecule has 6 nitrogen and oxygen atoms in total. The molecule has 1 amide bonds. The van der Waals surface area contributed by atoms with Gasteiger partial charge in [0.05, 0.1) is 5.69 Å². The average Bonchev–Trinajstić information content (AvgIpc) is 3.23. The van der Waals surface area contributed by atoms with E-state index >= 15 is 0 Å². The van der Waals surface area contributed by atoms with Crippen LogP contribution in [0.1, 0.15) is 40.7 Å². The Labute approximate surface area is 156 Å². The Hall–Kier alpha value is -2.25. The largest absolute Gasteiger partial charge is 0.443 e. The summed E-state index contributed by atoms with van der Waals surface area (Å²) in [6, 6.07) is 5.22. The monoisotopic (exact) mass is 370 g/mol. The predicted molar refractivity (Wildman–Crippen MR) is 102 cm³/mol. The van der Waals surface area contributed by atoms with Crippen LogP contribution in [0.15, 0.2) is 29.0 Å². The van der Waals surface area contributed by atoms with Gasteiger partial charge in [-0.3, -0.25) is 15.0 Å². The SMILES string of the molecule is Cc1nc(NC(=O)c2ccc3ocnc3c2)sc1CN1CCC(C)CC1. The lowest BCUT2D eigenvalue weighted by Gasteiger charge is -2.29. The molecule has 4 rings (SSSR count). The number of hydrogen-bond donors (Lipinski definition) is 1. The number of piperidine rings is 1. The number of benzene rings is 1. The number of nitrogens with one attached hydrogen (secondary N) is 1. The molecule has 1 aliphatic heterocycles. The second-order valence-corrected chi connectivity index (χ2v) is 8.06. The first-order valence-corrected chi connectivity index (χ1v) is 9.73. The van der Waals surface area contributed by atoms with E-state index in [0.717, 1.165) is 31.2 Å². The van der Waals surface area contributed by atoms with Crippen LogP contribution in [0, 0.1) is 12.8 Å². The predicted octanol–water partition coefficient (Wildman–Crippen LogP) is 4.08. The van der Waals surface area contributed by atoms with Gasteiger partial charge < -0.3 is 4.42 Å². The van der Waals surface area contributed by atoms with Crippen LogP contribution >= 0.6 is 11.3 Å². The summed E-state index contributed by atoms with van der Waals surface area (Å²) in [5.74, 6) is 0.646. The van der Waals surface area contributed by atoms with Crippen molar-refractivity contribution < 1.29 is 9.21 Å². The zero-order chi connectivity index (χ0) is 18.1. The summed E-state index contributed by atoms with van der Waals surface area (Å²) in [4.78, 5) is 24.8. The van der Waals surface area contributed by atoms with Crippen LogP contribution < -0.4 is 5.32 Å². The number of likely N-dealkylation sites (tertiary alicyclic amines) is 1. The molecule has 3 heterocycles. The Bertz CT molecular complexity index is 925. The van der Waals surface area contributed by atoms with Gasteiger partial charge in [-0.15, -0.1) is 11.3 Å². The fourth-order valence-electron chi connectivity index (χ4n) is 3.22. The van der Waals surface area contributed by atoms with Crippen LogP contribution in [0.25, 0.3) is 11.1 Å². The number of amides is 1. The van der Waals surface area contributed by atoms with Crippen molar-refractivity contribution in [2.24, 2.45) is 5.92 Å². The van der Waals surface area contributed by atoms with Gasteiger partial charge in [0.1, 0.15) is 5.52 Å². The number of aryl methyl sites for hydroxylation is 1. The lowest BCUT2D eigenvalue weighted by atomic mass is 9.99. The third kappa shape index (κ3) is 3.64. The molecule has 0 aliphatic carbocycles. The number of hydrogen-bond acceptors (Lipinski definition) is 6. The molecule has 0 saturated carbocycles. The first-order chi connectivity index (χ1) is 12.6. The van der Waals surface area contributed by atoms with E-state index in [2.05, 4.69) is 27.1 Å². The third-order valence-corrected chi connectivity index (χ3v) is 6.01. The van der Waals surface area contributed by atoms with Crippen molar-refractivity contribution >= 4 is 33.5 Å². The van der Waals surface area contributed by atoms with Gasteiger partial charge in [0, 0.05) is 17.0 Å². The number of fused-ring (bicyclic) bond motifs is 1. The Morgan fingerprint density at radius 3 is 3.00 bits per heavy atom. The molecule has 1 fully saturated rings. The van der Waals surface area contributed by atoms with Crippen LogP contribution in [0.5, 0.6) is 0 Å². The number of thiazole rings is 1. The maximum Gasteiger partial charge on any atom is 0.257 e. The molecule has 0 radical (unpaired) electrons. The molecule has 136 valence electrons. The molecule has 26 heavy (non-hydrogen) atoms. The number of oxazole rings is 1. The van der Waals surface area contributed by atoms with Crippen molar-refractivity contribution in [2.75, 3.05) is 18.4 Å². The number of aromatic nitrogens is 2. The molecule has 3 aromatic rings. The zero-order valence-corrected chi connectivity index (χ0v) is 15.8. The molecule has 1 N–H and O–H groups in total. The van der Waals surface area contributed by atoms with E-state index in [1.807, 2.05) is 6.92 Å². The maximum absolute atomic E-state index is 12.5. The molecule has 1 saturated heterocycles. The second-order valence-electron chi connectivity index (χ2n) is 6.98. The molecule has 1 aliphatic rings. The molecule has 0 unspecified atom stereocenters. The fourth-order valence-corrected chi connectivity index (χ4v) is 4.22. The van der Waals surface area contributed by atoms with Crippen molar-refractivity contribution in [3.05, 3.63) is 40.7 Å². The van der Waals surface area contributed by atoms with Crippen molar-refractivity contribution in [1.82, 2.24) is 14.9 Å². The molecule has 2 aromatic heterocycles. The number of anilines is 1. The second kappa shape index (κ2) is 7.17. The van der Waals surface area contributed by atoms with Gasteiger partial charge in [-0.25, -0.2) is 9.97 Å². The zero-order valence-electron chi connectivity index (χ0n) is 15.0. The van der Waals surface area contributed by atoms with Gasteiger partial charge in [0.2, 0.25) is 0 Å². The smallest absolute Gasteiger partial charge is 0.257 e. The first-order valence-electron chi connectivity index (χ1n) is 8.92. The summed E-state index contributed by atoms with van der Waals surface area (Å²) in [6.45, 7) is 7.52. The van der Waals surface area contributed by atoms with Crippen molar-refractivity contribution in [3.8, 4) is 0 Å². The van der Waals surface area contributed by atoms with E-state index in [1.54, 1.807) is 29.5 Å². The van der Waals surface area contributed by atoms with Crippen molar-refractivity contribution in [3.63, 3.8) is 0 Å². The summed E-state index contributed by atoms with van der Waals surface area (Å²) >= 11 is 1.56. The maximum atomic E-state index is 12.5. The van der Waals surface area contributed by atoms with E-state index in [0.29, 0.717) is 21.8 Å². The summed E-state index contributed by atoms with van der Waals surface area (Å²) in [5, 5.41) is 3.56. The van der Waals surface area contributed by atoms with Crippen molar-refractivity contribution in [1.29, 1.82) is 0 Å². The highest BCUT2D eigenvalue weighted by Gasteiger charge is 2.19. The van der Waals surface area contributed by atoms with E-state index in [1.165, 1.54) is 24.1 Å². The molecule has 0 atom stereocenters. The molecule has 0 bridgehead atoms. The molecule has 7 heteroatoms. The topological polar surface area (TPSA) is 71.3 Å². The minimum absolute atomic E-state index is 0.179. The molecular formula is C19H22N4O2S. The van der Waals surface area contributed by atoms with Gasteiger partial charge in [0.15, 0.2) is 17.1 Å². The van der Waals surface area contributed by atoms with Gasteiger partial charge in [-0.1, -0.05) is 6.92 Å². The summed E-state index contributed by atoms with van der Waals surface area (Å²) in [5.41, 5.74) is 2.89. The van der Waals surface area contributed by atoms with Crippen LogP contribution in [0.4, 0.5) is 5.13 Å². The molecule has 0 spiro atoms. The summed E-state index contributed by atoms with van der Waals surface area (Å²) in [7, 11) is 0. The molecule has 1 aromatic carbocycles. The van der Waals surface area contributed by atoms with Gasteiger partial charge >= 0.3 is 0 Å². The highest BCUT2D eigenvalue weighted by atomic mass is 32.1. The summed E-state index contributed by atoms with van der Waals surface area (Å²) in [6.07, 6.45) is 3.89. The van der Waals surface area contributed by atoms with E-state index in [-0.39, 0.29) is 5.91 Å². The first kappa shape index (κ1) is 17.2. The molecular weight excluding hydrogens is 348 g/mol. The van der Waals surface area contributed by atoms with Gasteiger partial charge in [-0.05, 0) is 57.0 Å². The van der Waals surface area contributed by atoms with E-state index < -0.39 is 0 Å². The Kier molecular flexibility index (Phi) is 4.74. The lowest BCUT2D eigenvalue weighted by Crippen LogP contribution is -2.32. The highest BCUT2D eigenvalue weighted by molar-refractivity contribution is 7.15. The average molecular weight is 370 g/mol. The number of carbonyl (C=O) groups excluding carboxylic acids is 1. The highest BCUT2D eigenvalue weighted by Crippen LogP contribution is 2.27. The standard InChI is InChI=1S/C19H22N4O2S/c1-12-5-7-23(8-6-12)10-17-13(2)21-19(26-17)22-18(24)14-3-4-16-15(9-14)20-11-25-16/h3-4,9,11-12H,5-8,10H2,1-2H3,(H,21,22,24). The van der Waals surface area contributed by atoms with Crippen molar-refractivity contribution in [2.45, 2.75) is 33.2 Å². The van der Waals surface area contributed by atoms with Crippen LogP contribution in [-0.2, 0) is 6.54 Å². The number of rotatable bonds is 4. The van der Waals surface area contributed by atoms with Crippen LogP contribution in [-0.4, -0.2) is 33.9 Å². The normalized spacial score (nSPS) is 16.2. The van der Waals surface area contributed by atoms with Crippen LogP contribution in [0.3, 0.4) is 0 Å². The summed E-state index contributed by atoms with van der Waals surface area (Å²) < 4.78 is 5.21. The van der Waals surface area contributed by atoms with Crippen LogP contribution in [0.2, 0.25) is 0 Å². The Balaban J connectivity index is 1.44. The minimum Gasteiger partial charge on any atom is -0.443 e. The Morgan fingerprint density at radius 2 is 2.19 bits per heavy atom. The Morgan fingerprint density at radius 1 is 1.38 bits per heavy atom. The number of carbonyl (C=O) groups is 1. The number of nitrogens with zero attached hydrogens (tertiary/aromatic N) is 3.